The second-order valence-corrected chi connectivity index (χ2v) is 5.75. The maximum absolute atomic E-state index is 5.64. The van der Waals surface area contributed by atoms with Crippen LogP contribution in [0.4, 0.5) is 0 Å². The fourth-order valence-corrected chi connectivity index (χ4v) is 2.57. The predicted molar refractivity (Wildman–Crippen MR) is 82.2 cm³/mol. The highest BCUT2D eigenvalue weighted by Gasteiger charge is 2.27. The van der Waals surface area contributed by atoms with E-state index in [4.69, 9.17) is 15.2 Å². The average molecular weight is 273 g/mol. The van der Waals surface area contributed by atoms with Gasteiger partial charge in [-0.3, -0.25) is 0 Å². The number of hydrogen-bond acceptors (Lipinski definition) is 3. The van der Waals surface area contributed by atoms with Crippen LogP contribution >= 0.6 is 0 Å². The average Bonchev–Trinajstić information content (AvgIpc) is 2.44. The molecule has 0 heterocycles. The van der Waals surface area contributed by atoms with Gasteiger partial charge < -0.3 is 15.2 Å². The molecule has 0 spiro atoms. The molecule has 0 aromatic rings. The summed E-state index contributed by atoms with van der Waals surface area (Å²) in [5, 5.41) is 0. The lowest BCUT2D eigenvalue weighted by Crippen LogP contribution is -2.32. The molecule has 0 aliphatic carbocycles. The maximum atomic E-state index is 5.64. The van der Waals surface area contributed by atoms with Gasteiger partial charge in [0.2, 0.25) is 0 Å². The van der Waals surface area contributed by atoms with Gasteiger partial charge in [-0.2, -0.15) is 0 Å². The molecule has 0 bridgehead atoms. The number of hydrogen-bond donors (Lipinski definition) is 1. The van der Waals surface area contributed by atoms with E-state index in [1.165, 1.54) is 44.9 Å². The molecule has 0 aliphatic rings. The molecule has 0 fully saturated rings. The lowest BCUT2D eigenvalue weighted by Gasteiger charge is -2.31. The van der Waals surface area contributed by atoms with Gasteiger partial charge in [0.05, 0.1) is 0 Å². The quantitative estimate of drug-likeness (QED) is 0.406. The van der Waals surface area contributed by atoms with Crippen molar-refractivity contribution in [2.45, 2.75) is 77.4 Å². The Balaban J connectivity index is 4.07. The predicted octanol–water partition coefficient (Wildman–Crippen LogP) is 4.10. The summed E-state index contributed by atoms with van der Waals surface area (Å²) in [7, 11) is 3.45. The summed E-state index contributed by atoms with van der Waals surface area (Å²) < 4.78 is 11.0. The second-order valence-electron chi connectivity index (χ2n) is 5.75. The lowest BCUT2D eigenvalue weighted by atomic mass is 9.89. The first-order valence-electron chi connectivity index (χ1n) is 7.92. The van der Waals surface area contributed by atoms with Crippen molar-refractivity contribution in [3.63, 3.8) is 0 Å². The van der Waals surface area contributed by atoms with E-state index in [1.54, 1.807) is 14.2 Å². The summed E-state index contributed by atoms with van der Waals surface area (Å²) in [6.45, 7) is 5.06. The lowest BCUT2D eigenvalue weighted by molar-refractivity contribution is -0.204. The van der Waals surface area contributed by atoms with E-state index in [9.17, 15) is 0 Å². The highest BCUT2D eigenvalue weighted by Crippen LogP contribution is 2.28. The van der Waals surface area contributed by atoms with Gasteiger partial charge >= 0.3 is 0 Å². The van der Waals surface area contributed by atoms with Crippen LogP contribution in [0, 0.1) is 5.92 Å². The Morgan fingerprint density at radius 3 is 2.05 bits per heavy atom. The zero-order valence-corrected chi connectivity index (χ0v) is 13.5. The van der Waals surface area contributed by atoms with E-state index < -0.39 is 5.79 Å². The summed E-state index contributed by atoms with van der Waals surface area (Å²) in [6, 6.07) is 0. The number of ether oxygens (including phenoxy) is 2. The van der Waals surface area contributed by atoms with Gasteiger partial charge in [0.15, 0.2) is 5.79 Å². The molecule has 1 unspecified atom stereocenters. The zero-order chi connectivity index (χ0) is 14.6. The fraction of sp³-hybridized carbons (Fsp3) is 1.00. The maximum Gasteiger partial charge on any atom is 0.165 e. The topological polar surface area (TPSA) is 44.5 Å². The molecule has 0 saturated carbocycles. The Labute approximate surface area is 120 Å². The van der Waals surface area contributed by atoms with Gasteiger partial charge in [-0.1, -0.05) is 45.4 Å². The zero-order valence-electron chi connectivity index (χ0n) is 13.5. The molecule has 0 aromatic heterocycles. The standard InChI is InChI=1S/C16H35NO2/c1-5-6-7-8-9-11-15(12-10-13-17)14-16(2,18-3)19-4/h15H,5-14,17H2,1-4H3. The fourth-order valence-electron chi connectivity index (χ4n) is 2.57. The molecule has 0 amide bonds. The molecule has 0 aromatic carbocycles. The monoisotopic (exact) mass is 273 g/mol. The Bertz CT molecular complexity index is 193. The number of rotatable bonds is 13. The largest absolute Gasteiger partial charge is 0.353 e. The Morgan fingerprint density at radius 1 is 0.947 bits per heavy atom. The highest BCUT2D eigenvalue weighted by atomic mass is 16.7. The van der Waals surface area contributed by atoms with Crippen molar-refractivity contribution in [1.29, 1.82) is 0 Å². The highest BCUT2D eigenvalue weighted by molar-refractivity contribution is 4.70. The van der Waals surface area contributed by atoms with E-state index in [0.29, 0.717) is 5.92 Å². The van der Waals surface area contributed by atoms with Crippen LogP contribution in [0.15, 0.2) is 0 Å². The third-order valence-corrected chi connectivity index (χ3v) is 4.06. The van der Waals surface area contributed by atoms with E-state index in [0.717, 1.165) is 19.4 Å². The summed E-state index contributed by atoms with van der Waals surface area (Å²) in [4.78, 5) is 0. The number of nitrogens with two attached hydrogens (primary N) is 1. The van der Waals surface area contributed by atoms with Gasteiger partial charge in [0.25, 0.3) is 0 Å². The minimum absolute atomic E-state index is 0.442. The van der Waals surface area contributed by atoms with Crippen molar-refractivity contribution < 1.29 is 9.47 Å². The van der Waals surface area contributed by atoms with E-state index in [1.807, 2.05) is 6.92 Å². The summed E-state index contributed by atoms with van der Waals surface area (Å²) in [5.41, 5.74) is 5.64. The molecule has 0 aliphatic heterocycles. The molecular formula is C16H35NO2. The minimum atomic E-state index is -0.442. The van der Waals surface area contributed by atoms with E-state index in [2.05, 4.69) is 6.92 Å². The molecule has 3 nitrogen and oxygen atoms in total. The Hall–Kier alpha value is -0.120. The SMILES string of the molecule is CCCCCCCC(CCCN)CC(C)(OC)OC. The first-order valence-corrected chi connectivity index (χ1v) is 7.92. The van der Waals surface area contributed by atoms with Crippen molar-refractivity contribution in [2.24, 2.45) is 11.7 Å². The van der Waals surface area contributed by atoms with Gasteiger partial charge in [-0.15, -0.1) is 0 Å². The second kappa shape index (κ2) is 11.7. The van der Waals surface area contributed by atoms with Crippen LogP contribution in [0.1, 0.15) is 71.6 Å². The molecule has 3 heteroatoms. The third kappa shape index (κ3) is 9.42. The third-order valence-electron chi connectivity index (χ3n) is 4.06. The van der Waals surface area contributed by atoms with Gasteiger partial charge in [-0.05, 0) is 32.2 Å². The molecule has 116 valence electrons. The van der Waals surface area contributed by atoms with Crippen molar-refractivity contribution in [2.75, 3.05) is 20.8 Å². The molecule has 0 rings (SSSR count). The summed E-state index contributed by atoms with van der Waals surface area (Å²) in [5.74, 6) is 0.220. The smallest absolute Gasteiger partial charge is 0.165 e. The van der Waals surface area contributed by atoms with Crippen molar-refractivity contribution in [3.8, 4) is 0 Å². The van der Waals surface area contributed by atoms with Crippen LogP contribution in [0.5, 0.6) is 0 Å². The molecule has 1 atom stereocenters. The van der Waals surface area contributed by atoms with Crippen LogP contribution in [-0.2, 0) is 9.47 Å². The van der Waals surface area contributed by atoms with Crippen LogP contribution in [0.2, 0.25) is 0 Å². The first kappa shape index (κ1) is 18.9. The molecule has 0 saturated heterocycles. The first-order chi connectivity index (χ1) is 9.11. The van der Waals surface area contributed by atoms with Gasteiger partial charge in [-0.25, -0.2) is 0 Å². The normalized spacial score (nSPS) is 13.7. The van der Waals surface area contributed by atoms with Gasteiger partial charge in [0, 0.05) is 20.6 Å². The van der Waals surface area contributed by atoms with E-state index in [-0.39, 0.29) is 0 Å². The van der Waals surface area contributed by atoms with Crippen LogP contribution in [0.25, 0.3) is 0 Å². The molecular weight excluding hydrogens is 238 g/mol. The number of unbranched alkanes of at least 4 members (excludes halogenated alkanes) is 4. The van der Waals surface area contributed by atoms with Gasteiger partial charge in [0.1, 0.15) is 0 Å². The van der Waals surface area contributed by atoms with E-state index >= 15 is 0 Å². The van der Waals surface area contributed by atoms with Crippen LogP contribution in [-0.4, -0.2) is 26.6 Å². The summed E-state index contributed by atoms with van der Waals surface area (Å²) >= 11 is 0. The summed E-state index contributed by atoms with van der Waals surface area (Å²) in [6.07, 6.45) is 11.2. The molecule has 19 heavy (non-hydrogen) atoms. The Morgan fingerprint density at radius 2 is 1.53 bits per heavy atom. The molecule has 0 radical (unpaired) electrons. The number of methoxy groups -OCH3 is 2. The van der Waals surface area contributed by atoms with Crippen molar-refractivity contribution >= 4 is 0 Å². The Kier molecular flexibility index (Phi) is 11.6. The van der Waals surface area contributed by atoms with Crippen LogP contribution in [0.3, 0.4) is 0 Å². The van der Waals surface area contributed by atoms with Crippen molar-refractivity contribution in [3.05, 3.63) is 0 Å². The van der Waals surface area contributed by atoms with Crippen molar-refractivity contribution in [1.82, 2.24) is 0 Å². The van der Waals surface area contributed by atoms with Crippen LogP contribution < -0.4 is 5.73 Å². The molecule has 2 N–H and O–H groups in total. The minimum Gasteiger partial charge on any atom is -0.353 e.